The second kappa shape index (κ2) is 7.79. The zero-order chi connectivity index (χ0) is 22.3. The van der Waals surface area contributed by atoms with Gasteiger partial charge in [-0.3, -0.25) is 0 Å². The van der Waals surface area contributed by atoms with E-state index in [-0.39, 0.29) is 31.2 Å². The smallest absolute Gasteiger partial charge is 0.408 e. The van der Waals surface area contributed by atoms with Crippen LogP contribution in [0.1, 0.15) is 34.6 Å². The first kappa shape index (κ1) is 20.2. The maximum Gasteiger partial charge on any atom is 0.408 e. The first-order valence-corrected chi connectivity index (χ1v) is 10.6. The molecular weight excluding hydrogens is 409 g/mol. The van der Waals surface area contributed by atoms with Crippen molar-refractivity contribution < 1.29 is 23.8 Å². The monoisotopic (exact) mass is 431 g/mol. The molecule has 0 aromatic heterocycles. The van der Waals surface area contributed by atoms with Crippen molar-refractivity contribution in [1.29, 1.82) is 0 Å². The molecular formula is C26H22FNO4. The van der Waals surface area contributed by atoms with Gasteiger partial charge in [0.25, 0.3) is 0 Å². The fourth-order valence-electron chi connectivity index (χ4n) is 4.93. The number of aryl methyl sites for hydroxylation is 1. The van der Waals surface area contributed by atoms with Crippen LogP contribution in [0.15, 0.2) is 66.7 Å². The summed E-state index contributed by atoms with van der Waals surface area (Å²) >= 11 is 0. The zero-order valence-corrected chi connectivity index (χ0v) is 17.3. The van der Waals surface area contributed by atoms with Crippen molar-refractivity contribution in [1.82, 2.24) is 5.32 Å². The van der Waals surface area contributed by atoms with E-state index in [0.29, 0.717) is 6.42 Å². The summed E-state index contributed by atoms with van der Waals surface area (Å²) in [6, 6.07) is 20.3. The van der Waals surface area contributed by atoms with Crippen LogP contribution in [0.25, 0.3) is 11.1 Å². The Bertz CT molecular complexity index is 1180. The molecule has 162 valence electrons. The third-order valence-corrected chi connectivity index (χ3v) is 6.58. The summed E-state index contributed by atoms with van der Waals surface area (Å²) in [5.41, 5.74) is 4.43. The number of carboxylic acids is 1. The molecule has 32 heavy (non-hydrogen) atoms. The number of halogens is 1. The molecule has 2 N–H and O–H groups in total. The van der Waals surface area contributed by atoms with Crippen LogP contribution in [-0.2, 0) is 22.4 Å². The van der Waals surface area contributed by atoms with Crippen LogP contribution >= 0.6 is 0 Å². The first-order valence-electron chi connectivity index (χ1n) is 10.6. The molecule has 0 bridgehead atoms. The third kappa shape index (κ3) is 3.42. The van der Waals surface area contributed by atoms with Crippen molar-refractivity contribution in [3.8, 4) is 11.1 Å². The predicted molar refractivity (Wildman–Crippen MR) is 117 cm³/mol. The Labute approximate surface area is 184 Å². The lowest BCUT2D eigenvalue weighted by Gasteiger charge is -2.35. The van der Waals surface area contributed by atoms with Crippen LogP contribution in [0.3, 0.4) is 0 Å². The van der Waals surface area contributed by atoms with E-state index in [1.165, 1.54) is 12.1 Å². The van der Waals surface area contributed by atoms with Crippen molar-refractivity contribution >= 4 is 12.1 Å². The van der Waals surface area contributed by atoms with E-state index in [0.717, 1.165) is 33.4 Å². The zero-order valence-electron chi connectivity index (χ0n) is 17.3. The number of alkyl carbamates (subject to hydrolysis) is 1. The Hall–Kier alpha value is -3.67. The number of hydrogen-bond donors (Lipinski definition) is 2. The largest absolute Gasteiger partial charge is 0.479 e. The molecule has 0 spiro atoms. The predicted octanol–water partition coefficient (Wildman–Crippen LogP) is 4.68. The summed E-state index contributed by atoms with van der Waals surface area (Å²) in [7, 11) is 0. The Morgan fingerprint density at radius 2 is 1.66 bits per heavy atom. The summed E-state index contributed by atoms with van der Waals surface area (Å²) in [5.74, 6) is -1.58. The van der Waals surface area contributed by atoms with E-state index < -0.39 is 17.6 Å². The maximum absolute atomic E-state index is 13.5. The van der Waals surface area contributed by atoms with Gasteiger partial charge in [-0.2, -0.15) is 0 Å². The number of fused-ring (bicyclic) bond motifs is 4. The highest BCUT2D eigenvalue weighted by Gasteiger charge is 2.43. The minimum atomic E-state index is -1.48. The van der Waals surface area contributed by atoms with Crippen molar-refractivity contribution in [3.05, 3.63) is 94.8 Å². The molecule has 3 aromatic carbocycles. The minimum Gasteiger partial charge on any atom is -0.479 e. The van der Waals surface area contributed by atoms with Gasteiger partial charge in [0.2, 0.25) is 0 Å². The number of benzene rings is 3. The number of nitrogens with one attached hydrogen (secondary N) is 1. The SMILES string of the molecule is O=C(NC1(C(=O)O)CCc2cc(F)ccc2C1)OCC1c2ccccc2-c2ccccc21. The lowest BCUT2D eigenvalue weighted by molar-refractivity contribution is -0.145. The lowest BCUT2D eigenvalue weighted by atomic mass is 9.78. The summed E-state index contributed by atoms with van der Waals surface area (Å²) in [4.78, 5) is 24.8. The van der Waals surface area contributed by atoms with Gasteiger partial charge in [-0.25, -0.2) is 14.0 Å². The number of carboxylic acid groups (broad SMARTS) is 1. The highest BCUT2D eigenvalue weighted by Crippen LogP contribution is 2.44. The van der Waals surface area contributed by atoms with Crippen molar-refractivity contribution in [3.63, 3.8) is 0 Å². The number of amides is 1. The number of carbonyl (C=O) groups is 2. The van der Waals surface area contributed by atoms with Gasteiger partial charge in [0.15, 0.2) is 0 Å². The highest BCUT2D eigenvalue weighted by molar-refractivity contribution is 5.85. The molecule has 1 unspecified atom stereocenters. The Morgan fingerprint density at radius 3 is 2.31 bits per heavy atom. The number of aliphatic carboxylic acids is 1. The lowest BCUT2D eigenvalue weighted by Crippen LogP contribution is -2.58. The van der Waals surface area contributed by atoms with Gasteiger partial charge in [0, 0.05) is 12.3 Å². The number of carbonyl (C=O) groups excluding carboxylic acids is 1. The molecule has 0 fully saturated rings. The molecule has 5 rings (SSSR count). The molecule has 1 atom stereocenters. The van der Waals surface area contributed by atoms with Gasteiger partial charge in [-0.15, -0.1) is 0 Å². The standard InChI is InChI=1S/C26H22FNO4/c27-18-10-9-17-14-26(24(29)30,12-11-16(17)13-18)28-25(31)32-15-23-21-7-3-1-5-19(21)20-6-2-4-8-22(20)23/h1-10,13,23H,11-12,14-15H2,(H,28,31)(H,29,30). The van der Waals surface area contributed by atoms with Gasteiger partial charge < -0.3 is 15.2 Å². The van der Waals surface area contributed by atoms with E-state index in [9.17, 15) is 19.1 Å². The number of ether oxygens (including phenoxy) is 1. The summed E-state index contributed by atoms with van der Waals surface area (Å²) in [5, 5.41) is 12.5. The van der Waals surface area contributed by atoms with Crippen LogP contribution < -0.4 is 5.32 Å². The Morgan fingerprint density at radius 1 is 1.00 bits per heavy atom. The van der Waals surface area contributed by atoms with Crippen LogP contribution in [0.5, 0.6) is 0 Å². The number of hydrogen-bond acceptors (Lipinski definition) is 3. The molecule has 0 heterocycles. The Kier molecular flexibility index (Phi) is 4.93. The van der Waals surface area contributed by atoms with Crippen LogP contribution in [0, 0.1) is 5.82 Å². The molecule has 0 saturated heterocycles. The van der Waals surface area contributed by atoms with Crippen molar-refractivity contribution in [2.24, 2.45) is 0 Å². The first-order chi connectivity index (χ1) is 15.5. The molecule has 5 nitrogen and oxygen atoms in total. The summed E-state index contributed by atoms with van der Waals surface area (Å²) < 4.78 is 19.1. The van der Waals surface area contributed by atoms with E-state index in [1.54, 1.807) is 6.07 Å². The molecule has 6 heteroatoms. The van der Waals surface area contributed by atoms with Crippen LogP contribution in [0.4, 0.5) is 9.18 Å². The summed E-state index contributed by atoms with van der Waals surface area (Å²) in [6.45, 7) is 0.108. The normalized spacial score (nSPS) is 18.9. The van der Waals surface area contributed by atoms with Gasteiger partial charge in [-0.1, -0.05) is 54.6 Å². The molecule has 0 saturated carbocycles. The topological polar surface area (TPSA) is 75.6 Å². The minimum absolute atomic E-state index is 0.0855. The summed E-state index contributed by atoms with van der Waals surface area (Å²) in [6.07, 6.45) is -0.145. The maximum atomic E-state index is 13.5. The van der Waals surface area contributed by atoms with Gasteiger partial charge >= 0.3 is 12.1 Å². The number of rotatable bonds is 4. The molecule has 0 radical (unpaired) electrons. The van der Waals surface area contributed by atoms with Crippen molar-refractivity contribution in [2.45, 2.75) is 30.7 Å². The second-order valence-electron chi connectivity index (χ2n) is 8.43. The van der Waals surface area contributed by atoms with E-state index >= 15 is 0 Å². The van der Waals surface area contributed by atoms with Crippen molar-refractivity contribution in [2.75, 3.05) is 6.61 Å². The van der Waals surface area contributed by atoms with E-state index in [4.69, 9.17) is 4.74 Å². The molecule has 2 aliphatic carbocycles. The van der Waals surface area contributed by atoms with Gasteiger partial charge in [0.05, 0.1) is 0 Å². The second-order valence-corrected chi connectivity index (χ2v) is 8.43. The molecule has 1 amide bonds. The third-order valence-electron chi connectivity index (χ3n) is 6.58. The fraction of sp³-hybridized carbons (Fsp3) is 0.231. The van der Waals surface area contributed by atoms with Gasteiger partial charge in [0.1, 0.15) is 18.0 Å². The Balaban J connectivity index is 1.32. The average Bonchev–Trinajstić information content (AvgIpc) is 3.11. The molecule has 2 aliphatic rings. The molecule has 3 aromatic rings. The van der Waals surface area contributed by atoms with E-state index in [2.05, 4.69) is 17.4 Å². The highest BCUT2D eigenvalue weighted by atomic mass is 19.1. The van der Waals surface area contributed by atoms with Crippen LogP contribution in [0.2, 0.25) is 0 Å². The fourth-order valence-corrected chi connectivity index (χ4v) is 4.93. The van der Waals surface area contributed by atoms with Gasteiger partial charge in [-0.05, 0) is 58.4 Å². The average molecular weight is 431 g/mol. The van der Waals surface area contributed by atoms with E-state index in [1.807, 2.05) is 36.4 Å². The molecule has 0 aliphatic heterocycles. The van der Waals surface area contributed by atoms with Crippen LogP contribution in [-0.4, -0.2) is 29.3 Å². The quantitative estimate of drug-likeness (QED) is 0.629.